The van der Waals surface area contributed by atoms with Gasteiger partial charge in [-0.2, -0.15) is 0 Å². The molecule has 0 saturated carbocycles. The van der Waals surface area contributed by atoms with E-state index in [0.717, 1.165) is 19.3 Å². The zero-order valence-electron chi connectivity index (χ0n) is 7.12. The van der Waals surface area contributed by atoms with Crippen LogP contribution in [0.4, 0.5) is 0 Å². The summed E-state index contributed by atoms with van der Waals surface area (Å²) in [5, 5.41) is 0. The molecule has 1 aliphatic heterocycles. The molecule has 0 aromatic heterocycles. The molecule has 0 spiro atoms. The first-order valence-corrected chi connectivity index (χ1v) is 4.01. The summed E-state index contributed by atoms with van der Waals surface area (Å²) in [6.07, 6.45) is 2.26. The van der Waals surface area contributed by atoms with E-state index in [0.29, 0.717) is 12.6 Å². The Labute approximate surface area is 67.3 Å². The molecule has 11 heavy (non-hydrogen) atoms. The Balaban J connectivity index is 2.38. The van der Waals surface area contributed by atoms with Crippen molar-refractivity contribution in [3.8, 4) is 0 Å². The van der Waals surface area contributed by atoms with Gasteiger partial charge in [-0.1, -0.05) is 0 Å². The second-order valence-electron chi connectivity index (χ2n) is 3.04. The second-order valence-corrected chi connectivity index (χ2v) is 3.04. The third kappa shape index (κ3) is 2.01. The third-order valence-electron chi connectivity index (χ3n) is 2.26. The van der Waals surface area contributed by atoms with Gasteiger partial charge >= 0.3 is 0 Å². The van der Waals surface area contributed by atoms with Gasteiger partial charge in [0.1, 0.15) is 6.29 Å². The molecule has 3 heteroatoms. The van der Waals surface area contributed by atoms with Crippen molar-refractivity contribution in [1.29, 1.82) is 0 Å². The highest BCUT2D eigenvalue weighted by molar-refractivity contribution is 5.51. The summed E-state index contributed by atoms with van der Waals surface area (Å²) in [7, 11) is 1.96. The van der Waals surface area contributed by atoms with Gasteiger partial charge in [-0.05, 0) is 20.4 Å². The fraction of sp³-hybridized carbons (Fsp3) is 0.875. The minimum absolute atomic E-state index is 0.278. The summed E-state index contributed by atoms with van der Waals surface area (Å²) in [4.78, 5) is 12.2. The molecule has 1 heterocycles. The number of likely N-dealkylation sites (N-methyl/N-ethyl adjacent to an activating group) is 1. The molecule has 1 aliphatic rings. The maximum absolute atomic E-state index is 10.2. The molecule has 2 unspecified atom stereocenters. The number of hydrogen-bond donors (Lipinski definition) is 0. The van der Waals surface area contributed by atoms with Gasteiger partial charge in [0.25, 0.3) is 0 Å². The lowest BCUT2D eigenvalue weighted by Crippen LogP contribution is -2.37. The maximum atomic E-state index is 10.2. The molecule has 1 rings (SSSR count). The van der Waals surface area contributed by atoms with Gasteiger partial charge in [-0.25, -0.2) is 0 Å². The van der Waals surface area contributed by atoms with Crippen LogP contribution in [0.2, 0.25) is 0 Å². The van der Waals surface area contributed by atoms with Crippen LogP contribution in [-0.4, -0.2) is 43.5 Å². The fourth-order valence-corrected chi connectivity index (χ4v) is 1.55. The molecular formula is C8H15NO2. The van der Waals surface area contributed by atoms with E-state index in [1.807, 2.05) is 11.9 Å². The van der Waals surface area contributed by atoms with Gasteiger partial charge in [0.05, 0.1) is 12.6 Å². The van der Waals surface area contributed by atoms with Crippen LogP contribution in [0.15, 0.2) is 0 Å². The highest BCUT2D eigenvalue weighted by Gasteiger charge is 2.27. The van der Waals surface area contributed by atoms with Gasteiger partial charge in [-0.15, -0.1) is 0 Å². The molecule has 1 fully saturated rings. The Morgan fingerprint density at radius 1 is 1.73 bits per heavy atom. The number of rotatable bonds is 3. The average Bonchev–Trinajstić information content (AvgIpc) is 2.36. The maximum Gasteiger partial charge on any atom is 0.133 e. The van der Waals surface area contributed by atoms with E-state index in [2.05, 4.69) is 6.92 Å². The molecule has 3 nitrogen and oxygen atoms in total. The topological polar surface area (TPSA) is 29.5 Å². The summed E-state index contributed by atoms with van der Waals surface area (Å²) in [6, 6.07) is 0.431. The van der Waals surface area contributed by atoms with Crippen LogP contribution in [0.1, 0.15) is 13.3 Å². The van der Waals surface area contributed by atoms with Crippen LogP contribution >= 0.6 is 0 Å². The smallest absolute Gasteiger partial charge is 0.133 e. The van der Waals surface area contributed by atoms with Crippen molar-refractivity contribution in [3.63, 3.8) is 0 Å². The van der Waals surface area contributed by atoms with Gasteiger partial charge < -0.3 is 9.53 Å². The summed E-state index contributed by atoms with van der Waals surface area (Å²) >= 11 is 0. The average molecular weight is 157 g/mol. The van der Waals surface area contributed by atoms with E-state index in [4.69, 9.17) is 4.74 Å². The molecule has 0 aliphatic carbocycles. The van der Waals surface area contributed by atoms with Crippen molar-refractivity contribution in [3.05, 3.63) is 0 Å². The molecule has 0 bridgehead atoms. The molecular weight excluding hydrogens is 142 g/mol. The lowest BCUT2D eigenvalue weighted by atomic mass is 10.1. The lowest BCUT2D eigenvalue weighted by molar-refractivity contribution is -0.109. The van der Waals surface area contributed by atoms with Crippen LogP contribution in [0.5, 0.6) is 0 Å². The summed E-state index contributed by atoms with van der Waals surface area (Å²) in [5.41, 5.74) is 0. The second kappa shape index (κ2) is 3.83. The first-order chi connectivity index (χ1) is 5.25. The predicted molar refractivity (Wildman–Crippen MR) is 42.5 cm³/mol. The number of nitrogens with zero attached hydrogens (tertiary/aromatic N) is 1. The van der Waals surface area contributed by atoms with Crippen molar-refractivity contribution < 1.29 is 9.53 Å². The van der Waals surface area contributed by atoms with Crippen molar-refractivity contribution in [2.24, 2.45) is 0 Å². The molecule has 0 aromatic carbocycles. The fourth-order valence-electron chi connectivity index (χ4n) is 1.55. The molecule has 2 atom stereocenters. The molecule has 0 aromatic rings. The predicted octanol–water partition coefficient (Wildman–Crippen LogP) is 0.294. The molecule has 0 amide bonds. The minimum atomic E-state index is 0.278. The van der Waals surface area contributed by atoms with Crippen molar-refractivity contribution in [1.82, 2.24) is 4.90 Å². The largest absolute Gasteiger partial charge is 0.377 e. The molecule has 64 valence electrons. The van der Waals surface area contributed by atoms with E-state index in [9.17, 15) is 4.79 Å². The Bertz CT molecular complexity index is 138. The standard InChI is InChI=1S/C8H15NO2/c1-7-8(3-6-11-7)9(2)4-5-10/h5,7-8H,3-4,6H2,1-2H3. The van der Waals surface area contributed by atoms with Gasteiger partial charge in [-0.3, -0.25) is 4.90 Å². The third-order valence-corrected chi connectivity index (χ3v) is 2.26. The van der Waals surface area contributed by atoms with Crippen LogP contribution in [-0.2, 0) is 9.53 Å². The molecule has 0 radical (unpaired) electrons. The number of hydrogen-bond acceptors (Lipinski definition) is 3. The quantitative estimate of drug-likeness (QED) is 0.552. The summed E-state index contributed by atoms with van der Waals surface area (Å²) in [6.45, 7) is 3.40. The van der Waals surface area contributed by atoms with E-state index in [-0.39, 0.29) is 6.10 Å². The van der Waals surface area contributed by atoms with E-state index in [1.165, 1.54) is 0 Å². The Hall–Kier alpha value is -0.410. The summed E-state index contributed by atoms with van der Waals surface area (Å²) in [5.74, 6) is 0. The Morgan fingerprint density at radius 2 is 2.45 bits per heavy atom. The zero-order chi connectivity index (χ0) is 8.27. The Kier molecular flexibility index (Phi) is 3.02. The van der Waals surface area contributed by atoms with Crippen LogP contribution in [0, 0.1) is 0 Å². The first-order valence-electron chi connectivity index (χ1n) is 4.01. The van der Waals surface area contributed by atoms with Gasteiger partial charge in [0.2, 0.25) is 0 Å². The monoisotopic (exact) mass is 157 g/mol. The molecule has 1 saturated heterocycles. The highest BCUT2D eigenvalue weighted by Crippen LogP contribution is 2.17. The molecule has 0 N–H and O–H groups in total. The first kappa shape index (κ1) is 8.68. The van der Waals surface area contributed by atoms with Crippen LogP contribution < -0.4 is 0 Å². The van der Waals surface area contributed by atoms with Crippen molar-refractivity contribution in [2.45, 2.75) is 25.5 Å². The van der Waals surface area contributed by atoms with Crippen LogP contribution in [0.3, 0.4) is 0 Å². The van der Waals surface area contributed by atoms with E-state index < -0.39 is 0 Å². The zero-order valence-corrected chi connectivity index (χ0v) is 7.12. The van der Waals surface area contributed by atoms with Gasteiger partial charge in [0.15, 0.2) is 0 Å². The summed E-state index contributed by atoms with van der Waals surface area (Å²) < 4.78 is 5.38. The SMILES string of the molecule is CC1OCCC1N(C)CC=O. The number of aldehydes is 1. The Morgan fingerprint density at radius 3 is 2.91 bits per heavy atom. The number of carbonyl (C=O) groups is 1. The lowest BCUT2D eigenvalue weighted by Gasteiger charge is -2.23. The van der Waals surface area contributed by atoms with Crippen molar-refractivity contribution in [2.75, 3.05) is 20.2 Å². The number of ether oxygens (including phenoxy) is 1. The van der Waals surface area contributed by atoms with E-state index in [1.54, 1.807) is 0 Å². The van der Waals surface area contributed by atoms with Crippen LogP contribution in [0.25, 0.3) is 0 Å². The van der Waals surface area contributed by atoms with E-state index >= 15 is 0 Å². The minimum Gasteiger partial charge on any atom is -0.377 e. The highest BCUT2D eigenvalue weighted by atomic mass is 16.5. The van der Waals surface area contributed by atoms with Gasteiger partial charge in [0, 0.05) is 12.6 Å². The normalized spacial score (nSPS) is 31.2. The number of carbonyl (C=O) groups excluding carboxylic acids is 1. The van der Waals surface area contributed by atoms with Crippen molar-refractivity contribution >= 4 is 6.29 Å².